The Bertz CT molecular complexity index is 411. The number of halogens is 1. The van der Waals surface area contributed by atoms with Gasteiger partial charge in [0.2, 0.25) is 0 Å². The van der Waals surface area contributed by atoms with Crippen molar-refractivity contribution in [1.82, 2.24) is 5.32 Å². The summed E-state index contributed by atoms with van der Waals surface area (Å²) < 4.78 is 4.78. The van der Waals surface area contributed by atoms with E-state index in [0.29, 0.717) is 18.2 Å². The molecule has 0 saturated heterocycles. The summed E-state index contributed by atoms with van der Waals surface area (Å²) in [6.07, 6.45) is -0.764. The quantitative estimate of drug-likeness (QED) is 0.755. The van der Waals surface area contributed by atoms with E-state index in [1.54, 1.807) is 6.92 Å². The van der Waals surface area contributed by atoms with Crippen LogP contribution in [0.1, 0.15) is 31.9 Å². The van der Waals surface area contributed by atoms with Crippen molar-refractivity contribution < 1.29 is 14.6 Å². The van der Waals surface area contributed by atoms with Gasteiger partial charge in [-0.2, -0.15) is 0 Å². The molecule has 2 atom stereocenters. The molecular weight excluding hydrogens is 266 g/mol. The average molecular weight is 286 g/mol. The number of benzene rings is 1. The number of esters is 1. The van der Waals surface area contributed by atoms with E-state index in [-0.39, 0.29) is 18.4 Å². The molecule has 0 bridgehead atoms. The van der Waals surface area contributed by atoms with E-state index >= 15 is 0 Å². The number of carbonyl (C=O) groups is 1. The third kappa shape index (κ3) is 5.59. The SMILES string of the molecule is CCOC(=O)CC(O)CNC(C)c1ccccc1Cl. The van der Waals surface area contributed by atoms with Crippen LogP contribution in [0.3, 0.4) is 0 Å². The van der Waals surface area contributed by atoms with Crippen LogP contribution in [0.2, 0.25) is 5.02 Å². The number of hydrogen-bond donors (Lipinski definition) is 2. The number of nitrogens with one attached hydrogen (secondary N) is 1. The third-order valence-corrected chi connectivity index (χ3v) is 3.08. The van der Waals surface area contributed by atoms with Crippen LogP contribution in [0.4, 0.5) is 0 Å². The summed E-state index contributed by atoms with van der Waals surface area (Å²) in [4.78, 5) is 11.2. The summed E-state index contributed by atoms with van der Waals surface area (Å²) in [5.41, 5.74) is 0.965. The normalized spacial score (nSPS) is 13.9. The second-order valence-electron chi connectivity index (χ2n) is 4.31. The summed E-state index contributed by atoms with van der Waals surface area (Å²) in [6, 6.07) is 7.54. The highest BCUT2D eigenvalue weighted by Gasteiger charge is 2.14. The molecule has 0 spiro atoms. The summed E-state index contributed by atoms with van der Waals surface area (Å²) >= 11 is 6.08. The number of aliphatic hydroxyl groups is 1. The van der Waals surface area contributed by atoms with Gasteiger partial charge in [-0.05, 0) is 25.5 Å². The molecule has 2 unspecified atom stereocenters. The Hall–Kier alpha value is -1.10. The molecule has 106 valence electrons. The van der Waals surface area contributed by atoms with Gasteiger partial charge in [-0.1, -0.05) is 29.8 Å². The molecule has 1 aromatic carbocycles. The second-order valence-corrected chi connectivity index (χ2v) is 4.72. The molecule has 1 aromatic rings. The van der Waals surface area contributed by atoms with Crippen LogP contribution in [0.15, 0.2) is 24.3 Å². The first-order chi connectivity index (χ1) is 9.04. The molecule has 0 aliphatic rings. The van der Waals surface area contributed by atoms with E-state index in [9.17, 15) is 9.90 Å². The molecule has 0 fully saturated rings. The molecule has 0 heterocycles. The molecule has 0 aliphatic carbocycles. The summed E-state index contributed by atoms with van der Waals surface area (Å²) in [5, 5.41) is 13.5. The van der Waals surface area contributed by atoms with Crippen LogP contribution >= 0.6 is 11.6 Å². The van der Waals surface area contributed by atoms with Crippen LogP contribution in [-0.2, 0) is 9.53 Å². The number of hydrogen-bond acceptors (Lipinski definition) is 4. The van der Waals surface area contributed by atoms with Gasteiger partial charge in [-0.25, -0.2) is 0 Å². The first-order valence-electron chi connectivity index (χ1n) is 6.36. The fourth-order valence-corrected chi connectivity index (χ4v) is 2.03. The standard InChI is InChI=1S/C14H20ClNO3/c1-3-19-14(18)8-11(17)9-16-10(2)12-6-4-5-7-13(12)15/h4-7,10-11,16-17H,3,8-9H2,1-2H3. The summed E-state index contributed by atoms with van der Waals surface area (Å²) in [7, 11) is 0. The lowest BCUT2D eigenvalue weighted by molar-refractivity contribution is -0.145. The van der Waals surface area contributed by atoms with Crippen molar-refractivity contribution in [3.05, 3.63) is 34.9 Å². The van der Waals surface area contributed by atoms with Crippen molar-refractivity contribution >= 4 is 17.6 Å². The lowest BCUT2D eigenvalue weighted by Gasteiger charge is -2.18. The maximum absolute atomic E-state index is 11.2. The predicted octanol–water partition coefficient (Wildman–Crippen LogP) is 2.30. The molecule has 0 saturated carbocycles. The Morgan fingerprint density at radius 1 is 1.47 bits per heavy atom. The first kappa shape index (κ1) is 16.0. The van der Waals surface area contributed by atoms with Gasteiger partial charge in [0.05, 0.1) is 19.1 Å². The summed E-state index contributed by atoms with van der Waals surface area (Å²) in [5.74, 6) is -0.387. The zero-order valence-corrected chi connectivity index (χ0v) is 12.0. The van der Waals surface area contributed by atoms with E-state index in [1.165, 1.54) is 0 Å². The van der Waals surface area contributed by atoms with E-state index in [4.69, 9.17) is 16.3 Å². The molecule has 2 N–H and O–H groups in total. The Morgan fingerprint density at radius 2 is 2.16 bits per heavy atom. The maximum Gasteiger partial charge on any atom is 0.308 e. The van der Waals surface area contributed by atoms with Crippen molar-refractivity contribution in [2.75, 3.05) is 13.2 Å². The topological polar surface area (TPSA) is 58.6 Å². The largest absolute Gasteiger partial charge is 0.466 e. The Kier molecular flexibility index (Phi) is 6.84. The minimum absolute atomic E-state index is 0.00389. The van der Waals surface area contributed by atoms with Gasteiger partial charge in [-0.15, -0.1) is 0 Å². The lowest BCUT2D eigenvalue weighted by Crippen LogP contribution is -2.31. The number of carbonyl (C=O) groups excluding carboxylic acids is 1. The van der Waals surface area contributed by atoms with E-state index in [1.807, 2.05) is 31.2 Å². The fourth-order valence-electron chi connectivity index (χ4n) is 1.73. The maximum atomic E-state index is 11.2. The van der Waals surface area contributed by atoms with Gasteiger partial charge in [-0.3, -0.25) is 4.79 Å². The molecule has 0 aliphatic heterocycles. The molecule has 5 heteroatoms. The van der Waals surface area contributed by atoms with Gasteiger partial charge >= 0.3 is 5.97 Å². The highest BCUT2D eigenvalue weighted by atomic mass is 35.5. The van der Waals surface area contributed by atoms with Gasteiger partial charge in [0, 0.05) is 17.6 Å². The number of aliphatic hydroxyl groups excluding tert-OH is 1. The minimum Gasteiger partial charge on any atom is -0.466 e. The molecular formula is C14H20ClNO3. The van der Waals surface area contributed by atoms with Gasteiger partial charge in [0.25, 0.3) is 0 Å². The van der Waals surface area contributed by atoms with Gasteiger partial charge < -0.3 is 15.2 Å². The Labute approximate surface area is 118 Å². The van der Waals surface area contributed by atoms with Gasteiger partial charge in [0.1, 0.15) is 0 Å². The smallest absolute Gasteiger partial charge is 0.308 e. The van der Waals surface area contributed by atoms with Crippen molar-refractivity contribution in [1.29, 1.82) is 0 Å². The molecule has 0 aromatic heterocycles. The van der Waals surface area contributed by atoms with Crippen molar-refractivity contribution in [3.63, 3.8) is 0 Å². The minimum atomic E-state index is -0.760. The van der Waals surface area contributed by atoms with Crippen LogP contribution in [0.25, 0.3) is 0 Å². The number of rotatable bonds is 7. The lowest BCUT2D eigenvalue weighted by atomic mass is 10.1. The number of ether oxygens (including phenoxy) is 1. The van der Waals surface area contributed by atoms with Gasteiger partial charge in [0.15, 0.2) is 0 Å². The predicted molar refractivity (Wildman–Crippen MR) is 75.1 cm³/mol. The van der Waals surface area contributed by atoms with Crippen LogP contribution in [0.5, 0.6) is 0 Å². The molecule has 0 radical (unpaired) electrons. The molecule has 4 nitrogen and oxygen atoms in total. The van der Waals surface area contributed by atoms with Crippen LogP contribution in [-0.4, -0.2) is 30.3 Å². The first-order valence-corrected chi connectivity index (χ1v) is 6.73. The second kappa shape index (κ2) is 8.15. The zero-order valence-electron chi connectivity index (χ0n) is 11.2. The fraction of sp³-hybridized carbons (Fsp3) is 0.500. The molecule has 0 amide bonds. The van der Waals surface area contributed by atoms with Crippen molar-refractivity contribution in [2.45, 2.75) is 32.4 Å². The highest BCUT2D eigenvalue weighted by molar-refractivity contribution is 6.31. The summed E-state index contributed by atoms with van der Waals surface area (Å²) in [6.45, 7) is 4.33. The molecule has 1 rings (SSSR count). The Morgan fingerprint density at radius 3 is 2.79 bits per heavy atom. The van der Waals surface area contributed by atoms with E-state index in [2.05, 4.69) is 5.32 Å². The molecule has 19 heavy (non-hydrogen) atoms. The average Bonchev–Trinajstić information content (AvgIpc) is 2.36. The third-order valence-electron chi connectivity index (χ3n) is 2.74. The van der Waals surface area contributed by atoms with Crippen LogP contribution < -0.4 is 5.32 Å². The Balaban J connectivity index is 2.40. The van der Waals surface area contributed by atoms with Crippen LogP contribution in [0, 0.1) is 0 Å². The zero-order chi connectivity index (χ0) is 14.3. The van der Waals surface area contributed by atoms with Crippen molar-refractivity contribution in [2.24, 2.45) is 0 Å². The van der Waals surface area contributed by atoms with E-state index in [0.717, 1.165) is 5.56 Å². The van der Waals surface area contributed by atoms with E-state index < -0.39 is 6.10 Å². The highest BCUT2D eigenvalue weighted by Crippen LogP contribution is 2.21. The van der Waals surface area contributed by atoms with Crippen molar-refractivity contribution in [3.8, 4) is 0 Å². The monoisotopic (exact) mass is 285 g/mol.